The summed E-state index contributed by atoms with van der Waals surface area (Å²) in [4.78, 5) is 10.2. The van der Waals surface area contributed by atoms with Crippen molar-refractivity contribution in [3.63, 3.8) is 0 Å². The Bertz CT molecular complexity index is 391. The lowest BCUT2D eigenvalue weighted by Gasteiger charge is -2.15. The number of nitro groups is 1. The zero-order valence-corrected chi connectivity index (χ0v) is 9.84. The average molecular weight is 240 g/mol. The number of benzene rings is 1. The number of hydrogen-bond acceptors (Lipinski definition) is 5. The average Bonchev–Trinajstić information content (AvgIpc) is 2.35. The number of nitrogens with one attached hydrogen (secondary N) is 1. The summed E-state index contributed by atoms with van der Waals surface area (Å²) in [6, 6.07) is 4.30. The summed E-state index contributed by atoms with van der Waals surface area (Å²) < 4.78 is 4.99. The Morgan fingerprint density at radius 3 is 2.71 bits per heavy atom. The number of anilines is 1. The first kappa shape index (κ1) is 13.2. The van der Waals surface area contributed by atoms with Crippen LogP contribution in [0.4, 0.5) is 11.4 Å². The third-order valence-electron chi connectivity index (χ3n) is 2.42. The van der Waals surface area contributed by atoms with Crippen molar-refractivity contribution in [2.75, 3.05) is 19.0 Å². The molecular weight excluding hydrogens is 224 g/mol. The molecule has 2 N–H and O–H groups in total. The third kappa shape index (κ3) is 3.60. The van der Waals surface area contributed by atoms with Crippen LogP contribution in [0.3, 0.4) is 0 Å². The van der Waals surface area contributed by atoms with Crippen LogP contribution in [0, 0.1) is 10.1 Å². The summed E-state index contributed by atoms with van der Waals surface area (Å²) in [7, 11) is 1.45. The van der Waals surface area contributed by atoms with Gasteiger partial charge < -0.3 is 15.2 Å². The van der Waals surface area contributed by atoms with Crippen molar-refractivity contribution < 1.29 is 14.8 Å². The van der Waals surface area contributed by atoms with Crippen LogP contribution in [0.5, 0.6) is 5.75 Å². The van der Waals surface area contributed by atoms with E-state index >= 15 is 0 Å². The topological polar surface area (TPSA) is 84.6 Å². The van der Waals surface area contributed by atoms with Crippen molar-refractivity contribution >= 4 is 11.4 Å². The minimum absolute atomic E-state index is 0.0263. The fourth-order valence-corrected chi connectivity index (χ4v) is 1.40. The fourth-order valence-electron chi connectivity index (χ4n) is 1.40. The number of aliphatic hydroxyl groups excluding tert-OH is 1. The molecule has 0 aliphatic rings. The van der Waals surface area contributed by atoms with E-state index in [1.165, 1.54) is 19.2 Å². The van der Waals surface area contributed by atoms with E-state index in [-0.39, 0.29) is 18.3 Å². The van der Waals surface area contributed by atoms with Gasteiger partial charge in [-0.3, -0.25) is 10.1 Å². The first-order valence-corrected chi connectivity index (χ1v) is 5.31. The molecule has 1 rings (SSSR count). The molecular formula is C11H16N2O4. The minimum Gasteiger partial charge on any atom is -0.496 e. The lowest BCUT2D eigenvalue weighted by atomic mass is 10.2. The highest BCUT2D eigenvalue weighted by Crippen LogP contribution is 2.26. The molecule has 0 aromatic heterocycles. The Morgan fingerprint density at radius 1 is 1.53 bits per heavy atom. The molecule has 0 radical (unpaired) electrons. The van der Waals surface area contributed by atoms with Gasteiger partial charge in [0, 0.05) is 23.9 Å². The normalized spacial score (nSPS) is 11.9. The van der Waals surface area contributed by atoms with Gasteiger partial charge in [0.15, 0.2) is 0 Å². The van der Waals surface area contributed by atoms with Crippen LogP contribution in [0.1, 0.15) is 13.3 Å². The summed E-state index contributed by atoms with van der Waals surface area (Å²) >= 11 is 0. The Hall–Kier alpha value is -1.82. The number of aliphatic hydroxyl groups is 1. The van der Waals surface area contributed by atoms with Crippen molar-refractivity contribution in [2.45, 2.75) is 19.4 Å². The van der Waals surface area contributed by atoms with Gasteiger partial charge in [-0.1, -0.05) is 6.92 Å². The minimum atomic E-state index is -0.479. The van der Waals surface area contributed by atoms with Crippen LogP contribution in [0.15, 0.2) is 18.2 Å². The van der Waals surface area contributed by atoms with E-state index in [0.29, 0.717) is 11.4 Å². The molecule has 0 amide bonds. The van der Waals surface area contributed by atoms with Crippen LogP contribution < -0.4 is 10.1 Å². The summed E-state index contributed by atoms with van der Waals surface area (Å²) in [5, 5.41) is 22.8. The first-order valence-electron chi connectivity index (χ1n) is 5.31. The number of rotatable bonds is 6. The highest BCUT2D eigenvalue weighted by molar-refractivity contribution is 5.56. The smallest absolute Gasteiger partial charge is 0.275 e. The van der Waals surface area contributed by atoms with Crippen LogP contribution in [-0.4, -0.2) is 29.8 Å². The number of hydrogen-bond donors (Lipinski definition) is 2. The van der Waals surface area contributed by atoms with E-state index in [0.717, 1.165) is 6.42 Å². The van der Waals surface area contributed by atoms with Gasteiger partial charge in [0.05, 0.1) is 24.7 Å². The van der Waals surface area contributed by atoms with Crippen molar-refractivity contribution in [1.82, 2.24) is 0 Å². The first-order chi connectivity index (χ1) is 8.10. The van der Waals surface area contributed by atoms with Crippen molar-refractivity contribution in [1.29, 1.82) is 0 Å². The molecule has 6 nitrogen and oxygen atoms in total. The summed E-state index contributed by atoms with van der Waals surface area (Å²) in [5.74, 6) is 0.412. The molecule has 17 heavy (non-hydrogen) atoms. The Kier molecular flexibility index (Phi) is 4.71. The summed E-state index contributed by atoms with van der Waals surface area (Å²) in [5.41, 5.74) is 0.525. The van der Waals surface area contributed by atoms with E-state index in [9.17, 15) is 10.1 Å². The molecule has 0 saturated heterocycles. The third-order valence-corrected chi connectivity index (χ3v) is 2.42. The zero-order valence-electron chi connectivity index (χ0n) is 9.84. The van der Waals surface area contributed by atoms with Gasteiger partial charge in [-0.2, -0.15) is 0 Å². The van der Waals surface area contributed by atoms with Gasteiger partial charge in [0.1, 0.15) is 5.75 Å². The Labute approximate surface area is 99.4 Å². The summed E-state index contributed by atoms with van der Waals surface area (Å²) in [6.07, 6.45) is 0.724. The van der Waals surface area contributed by atoms with Crippen LogP contribution in [-0.2, 0) is 0 Å². The van der Waals surface area contributed by atoms with Crippen LogP contribution in [0.25, 0.3) is 0 Å². The number of nitro benzene ring substituents is 1. The van der Waals surface area contributed by atoms with E-state index in [1.807, 2.05) is 6.92 Å². The van der Waals surface area contributed by atoms with Crippen molar-refractivity contribution in [3.05, 3.63) is 28.3 Å². The molecule has 1 atom stereocenters. The van der Waals surface area contributed by atoms with Crippen LogP contribution in [0.2, 0.25) is 0 Å². The lowest BCUT2D eigenvalue weighted by molar-refractivity contribution is -0.384. The molecule has 0 aliphatic carbocycles. The number of ether oxygens (including phenoxy) is 1. The maximum Gasteiger partial charge on any atom is 0.275 e. The molecule has 1 aromatic carbocycles. The molecule has 94 valence electrons. The van der Waals surface area contributed by atoms with Gasteiger partial charge >= 0.3 is 0 Å². The van der Waals surface area contributed by atoms with E-state index in [4.69, 9.17) is 9.84 Å². The fraction of sp³-hybridized carbons (Fsp3) is 0.455. The number of nitrogens with zero attached hydrogens (tertiary/aromatic N) is 1. The Balaban J connectivity index is 2.98. The Morgan fingerprint density at radius 2 is 2.24 bits per heavy atom. The predicted octanol–water partition coefficient (Wildman–Crippen LogP) is 1.79. The molecule has 0 aliphatic heterocycles. The highest BCUT2D eigenvalue weighted by atomic mass is 16.6. The highest BCUT2D eigenvalue weighted by Gasteiger charge is 2.12. The standard InChI is InChI=1S/C11H16N2O4/c1-3-8(7-14)12-9-4-10(13(15)16)6-11(5-9)17-2/h4-6,8,12,14H,3,7H2,1-2H3. The molecule has 1 unspecified atom stereocenters. The second kappa shape index (κ2) is 6.05. The molecule has 6 heteroatoms. The monoisotopic (exact) mass is 240 g/mol. The van der Waals surface area contributed by atoms with Gasteiger partial charge in [-0.05, 0) is 6.42 Å². The molecule has 0 spiro atoms. The summed E-state index contributed by atoms with van der Waals surface area (Å²) in [6.45, 7) is 1.89. The maximum atomic E-state index is 10.7. The predicted molar refractivity (Wildman–Crippen MR) is 64.4 cm³/mol. The lowest BCUT2D eigenvalue weighted by Crippen LogP contribution is -2.22. The maximum absolute atomic E-state index is 10.7. The second-order valence-corrected chi connectivity index (χ2v) is 3.61. The molecule has 0 heterocycles. The van der Waals surface area contributed by atoms with E-state index in [1.54, 1.807) is 6.07 Å². The van der Waals surface area contributed by atoms with Crippen molar-refractivity contribution in [3.8, 4) is 5.75 Å². The zero-order chi connectivity index (χ0) is 12.8. The van der Waals surface area contributed by atoms with Gasteiger partial charge in [-0.15, -0.1) is 0 Å². The SMILES string of the molecule is CCC(CO)Nc1cc(OC)cc([N+](=O)[O-])c1. The molecule has 0 bridgehead atoms. The van der Waals surface area contributed by atoms with Gasteiger partial charge in [0.25, 0.3) is 5.69 Å². The molecule has 0 fully saturated rings. The van der Waals surface area contributed by atoms with E-state index < -0.39 is 4.92 Å². The quantitative estimate of drug-likeness (QED) is 0.585. The number of methoxy groups -OCH3 is 1. The number of non-ortho nitro benzene ring substituents is 1. The largest absolute Gasteiger partial charge is 0.496 e. The molecule has 0 saturated carbocycles. The second-order valence-electron chi connectivity index (χ2n) is 3.61. The van der Waals surface area contributed by atoms with Crippen molar-refractivity contribution in [2.24, 2.45) is 0 Å². The van der Waals surface area contributed by atoms with Gasteiger partial charge in [0.2, 0.25) is 0 Å². The van der Waals surface area contributed by atoms with Gasteiger partial charge in [-0.25, -0.2) is 0 Å². The van der Waals surface area contributed by atoms with Crippen LogP contribution >= 0.6 is 0 Å². The molecule has 1 aromatic rings. The van der Waals surface area contributed by atoms with E-state index in [2.05, 4.69) is 5.32 Å².